The molecule has 0 saturated carbocycles. The molecule has 0 aromatic carbocycles. The number of fused-ring (bicyclic) bond motifs is 1. The van der Waals surface area contributed by atoms with Crippen molar-refractivity contribution in [3.63, 3.8) is 0 Å². The van der Waals surface area contributed by atoms with E-state index in [-0.39, 0.29) is 0 Å². The summed E-state index contributed by atoms with van der Waals surface area (Å²) in [5, 5.41) is 4.56. The number of rotatable bonds is 2. The highest BCUT2D eigenvalue weighted by Gasteiger charge is 2.10. The largest absolute Gasteiger partial charge is 0.269 e. The van der Waals surface area contributed by atoms with Crippen molar-refractivity contribution >= 4 is 0 Å². The van der Waals surface area contributed by atoms with Crippen LogP contribution in [0, 0.1) is 0 Å². The molecule has 0 spiro atoms. The molecule has 0 saturated heterocycles. The van der Waals surface area contributed by atoms with E-state index in [9.17, 15) is 0 Å². The van der Waals surface area contributed by atoms with Crippen LogP contribution in [0.15, 0.2) is 6.07 Å². The minimum atomic E-state index is 1.14. The molecule has 0 aliphatic carbocycles. The Hall–Kier alpha value is -0.790. The van der Waals surface area contributed by atoms with Crippen molar-refractivity contribution in [2.24, 2.45) is 0 Å². The van der Waals surface area contributed by atoms with E-state index in [1.807, 2.05) is 0 Å². The maximum absolute atomic E-state index is 4.56. The molecule has 0 unspecified atom stereocenters. The van der Waals surface area contributed by atoms with Crippen LogP contribution in [0.25, 0.3) is 0 Å². The summed E-state index contributed by atoms with van der Waals surface area (Å²) in [7, 11) is 0. The second-order valence-corrected chi connectivity index (χ2v) is 3.56. The highest BCUT2D eigenvalue weighted by atomic mass is 15.3. The van der Waals surface area contributed by atoms with Crippen molar-refractivity contribution in [2.75, 3.05) is 0 Å². The average molecular weight is 164 g/mol. The lowest BCUT2D eigenvalue weighted by Gasteiger charge is -2.11. The minimum absolute atomic E-state index is 1.14. The van der Waals surface area contributed by atoms with Gasteiger partial charge in [-0.1, -0.05) is 13.3 Å². The number of aromatic nitrogens is 2. The summed E-state index contributed by atoms with van der Waals surface area (Å²) in [6.07, 6.45) is 6.23. The molecule has 2 heterocycles. The van der Waals surface area contributed by atoms with Gasteiger partial charge in [0.1, 0.15) is 0 Å². The molecule has 1 aromatic heterocycles. The first-order valence-corrected chi connectivity index (χ1v) is 4.96. The van der Waals surface area contributed by atoms with Crippen molar-refractivity contribution in [3.8, 4) is 0 Å². The van der Waals surface area contributed by atoms with Gasteiger partial charge >= 0.3 is 0 Å². The van der Waals surface area contributed by atoms with E-state index in [0.29, 0.717) is 0 Å². The van der Waals surface area contributed by atoms with Gasteiger partial charge < -0.3 is 0 Å². The van der Waals surface area contributed by atoms with Crippen LogP contribution in [-0.4, -0.2) is 9.78 Å². The van der Waals surface area contributed by atoms with E-state index in [1.165, 1.54) is 37.1 Å². The van der Waals surface area contributed by atoms with E-state index < -0.39 is 0 Å². The van der Waals surface area contributed by atoms with Crippen molar-refractivity contribution in [2.45, 2.75) is 45.6 Å². The molecule has 66 valence electrons. The first-order valence-electron chi connectivity index (χ1n) is 4.96. The molecule has 0 fully saturated rings. The SMILES string of the molecule is CCCc1cc2n(n1)CCCC2. The molecule has 0 atom stereocenters. The molecule has 1 aromatic rings. The summed E-state index contributed by atoms with van der Waals surface area (Å²) >= 11 is 0. The van der Waals surface area contributed by atoms with Crippen LogP contribution >= 0.6 is 0 Å². The standard InChI is InChI=1S/C10H16N2/c1-2-5-9-8-10-6-3-4-7-12(10)11-9/h8H,2-7H2,1H3. The topological polar surface area (TPSA) is 17.8 Å². The predicted molar refractivity (Wildman–Crippen MR) is 49.2 cm³/mol. The van der Waals surface area contributed by atoms with E-state index in [2.05, 4.69) is 22.8 Å². The molecule has 2 rings (SSSR count). The summed E-state index contributed by atoms with van der Waals surface area (Å²) in [6, 6.07) is 2.28. The van der Waals surface area contributed by atoms with Crippen LogP contribution in [0.1, 0.15) is 37.6 Å². The molecule has 0 radical (unpaired) electrons. The Morgan fingerprint density at radius 3 is 3.17 bits per heavy atom. The van der Waals surface area contributed by atoms with Gasteiger partial charge in [0.05, 0.1) is 5.69 Å². The Balaban J connectivity index is 2.20. The monoisotopic (exact) mass is 164 g/mol. The summed E-state index contributed by atoms with van der Waals surface area (Å²) in [6.45, 7) is 3.34. The van der Waals surface area contributed by atoms with Crippen LogP contribution in [0.5, 0.6) is 0 Å². The first kappa shape index (κ1) is 7.84. The third-order valence-corrected chi connectivity index (χ3v) is 2.47. The van der Waals surface area contributed by atoms with Crippen LogP contribution in [-0.2, 0) is 19.4 Å². The summed E-state index contributed by atoms with van der Waals surface area (Å²) in [4.78, 5) is 0. The molecule has 1 aliphatic rings. The molecular weight excluding hydrogens is 148 g/mol. The average Bonchev–Trinajstić information content (AvgIpc) is 2.47. The van der Waals surface area contributed by atoms with E-state index in [4.69, 9.17) is 0 Å². The lowest BCUT2D eigenvalue weighted by atomic mass is 10.1. The van der Waals surface area contributed by atoms with Gasteiger partial charge in [0.2, 0.25) is 0 Å². The quantitative estimate of drug-likeness (QED) is 0.655. The highest BCUT2D eigenvalue weighted by molar-refractivity contribution is 5.11. The lowest BCUT2D eigenvalue weighted by Crippen LogP contribution is -2.10. The molecular formula is C10H16N2. The molecule has 0 N–H and O–H groups in total. The zero-order valence-electron chi connectivity index (χ0n) is 7.71. The third kappa shape index (κ3) is 1.38. The van der Waals surface area contributed by atoms with Crippen molar-refractivity contribution in [1.82, 2.24) is 9.78 Å². The van der Waals surface area contributed by atoms with Crippen molar-refractivity contribution < 1.29 is 0 Å². The fourth-order valence-electron chi connectivity index (χ4n) is 1.86. The third-order valence-electron chi connectivity index (χ3n) is 2.47. The Bertz CT molecular complexity index is 239. The minimum Gasteiger partial charge on any atom is -0.269 e. The molecule has 2 nitrogen and oxygen atoms in total. The Morgan fingerprint density at radius 2 is 2.42 bits per heavy atom. The van der Waals surface area contributed by atoms with Crippen LogP contribution in [0.3, 0.4) is 0 Å². The molecule has 0 bridgehead atoms. The van der Waals surface area contributed by atoms with Gasteiger partial charge in [-0.05, 0) is 31.7 Å². The number of hydrogen-bond donors (Lipinski definition) is 0. The van der Waals surface area contributed by atoms with Gasteiger partial charge in [0, 0.05) is 12.2 Å². The zero-order valence-corrected chi connectivity index (χ0v) is 7.71. The fourth-order valence-corrected chi connectivity index (χ4v) is 1.86. The van der Waals surface area contributed by atoms with Gasteiger partial charge in [-0.3, -0.25) is 4.68 Å². The normalized spacial score (nSPS) is 16.1. The summed E-state index contributed by atoms with van der Waals surface area (Å²) in [5.41, 5.74) is 2.74. The van der Waals surface area contributed by atoms with E-state index in [1.54, 1.807) is 0 Å². The van der Waals surface area contributed by atoms with Gasteiger partial charge in [-0.25, -0.2) is 0 Å². The second-order valence-electron chi connectivity index (χ2n) is 3.56. The smallest absolute Gasteiger partial charge is 0.0627 e. The Labute approximate surface area is 73.6 Å². The summed E-state index contributed by atoms with van der Waals surface area (Å²) in [5.74, 6) is 0. The van der Waals surface area contributed by atoms with Crippen LogP contribution in [0.4, 0.5) is 0 Å². The Kier molecular flexibility index (Phi) is 2.15. The molecule has 12 heavy (non-hydrogen) atoms. The fraction of sp³-hybridized carbons (Fsp3) is 0.700. The summed E-state index contributed by atoms with van der Waals surface area (Å²) < 4.78 is 2.19. The van der Waals surface area contributed by atoms with Crippen molar-refractivity contribution in [3.05, 3.63) is 17.5 Å². The number of nitrogens with zero attached hydrogens (tertiary/aromatic N) is 2. The van der Waals surface area contributed by atoms with E-state index >= 15 is 0 Å². The number of aryl methyl sites for hydroxylation is 3. The zero-order chi connectivity index (χ0) is 8.39. The first-order chi connectivity index (χ1) is 5.90. The second kappa shape index (κ2) is 3.30. The van der Waals surface area contributed by atoms with Gasteiger partial charge in [-0.2, -0.15) is 5.10 Å². The lowest BCUT2D eigenvalue weighted by molar-refractivity contribution is 0.483. The Morgan fingerprint density at radius 1 is 1.50 bits per heavy atom. The van der Waals surface area contributed by atoms with E-state index in [0.717, 1.165) is 13.0 Å². The predicted octanol–water partition coefficient (Wildman–Crippen LogP) is 2.17. The van der Waals surface area contributed by atoms with Crippen molar-refractivity contribution in [1.29, 1.82) is 0 Å². The number of hydrogen-bond acceptors (Lipinski definition) is 1. The van der Waals surface area contributed by atoms with Crippen LogP contribution in [0.2, 0.25) is 0 Å². The molecule has 1 aliphatic heterocycles. The van der Waals surface area contributed by atoms with Gasteiger partial charge in [0.15, 0.2) is 0 Å². The maximum Gasteiger partial charge on any atom is 0.0627 e. The van der Waals surface area contributed by atoms with Crippen LogP contribution < -0.4 is 0 Å². The highest BCUT2D eigenvalue weighted by Crippen LogP contribution is 2.15. The maximum atomic E-state index is 4.56. The van der Waals surface area contributed by atoms with Gasteiger partial charge in [-0.15, -0.1) is 0 Å². The molecule has 0 amide bonds. The molecule has 2 heteroatoms. The van der Waals surface area contributed by atoms with Gasteiger partial charge in [0.25, 0.3) is 0 Å².